The van der Waals surface area contributed by atoms with Crippen molar-refractivity contribution in [2.24, 2.45) is 11.8 Å². The molecule has 2 fully saturated rings. The quantitative estimate of drug-likeness (QED) is 0.440. The first-order valence-corrected chi connectivity index (χ1v) is 13.9. The number of hydrogen-bond acceptors (Lipinski definition) is 5. The first-order valence-electron chi connectivity index (χ1n) is 13.9. The molecule has 8 nitrogen and oxygen atoms in total. The highest BCUT2D eigenvalue weighted by atomic mass is 16.5. The number of aliphatic hydroxyl groups is 1. The molecule has 8 heteroatoms. The Balaban J connectivity index is 1.39. The van der Waals surface area contributed by atoms with Crippen LogP contribution < -0.4 is 4.90 Å². The fourth-order valence-corrected chi connectivity index (χ4v) is 6.83. The molecule has 1 spiro atoms. The Kier molecular flexibility index (Phi) is 6.77. The Morgan fingerprint density at radius 1 is 0.923 bits per heavy atom. The van der Waals surface area contributed by atoms with E-state index in [4.69, 9.17) is 9.84 Å². The summed E-state index contributed by atoms with van der Waals surface area (Å²) in [6, 6.07) is 13.1. The Morgan fingerprint density at radius 3 is 2.54 bits per heavy atom. The molecule has 4 aliphatic rings. The van der Waals surface area contributed by atoms with Crippen LogP contribution in [0.3, 0.4) is 0 Å². The Hall–Kier alpha value is -3.49. The van der Waals surface area contributed by atoms with Crippen molar-refractivity contribution < 1.29 is 24.2 Å². The third kappa shape index (κ3) is 4.17. The lowest BCUT2D eigenvalue weighted by Gasteiger charge is -2.35. The van der Waals surface area contributed by atoms with Crippen LogP contribution >= 0.6 is 0 Å². The Labute approximate surface area is 228 Å². The van der Waals surface area contributed by atoms with Crippen LogP contribution in [0.5, 0.6) is 0 Å². The summed E-state index contributed by atoms with van der Waals surface area (Å²) >= 11 is 0. The van der Waals surface area contributed by atoms with Crippen LogP contribution in [-0.2, 0) is 19.1 Å². The van der Waals surface area contributed by atoms with Crippen molar-refractivity contribution in [2.45, 2.75) is 43.4 Å². The Bertz CT molecular complexity index is 1350. The second-order valence-electron chi connectivity index (χ2n) is 11.0. The van der Waals surface area contributed by atoms with Crippen molar-refractivity contribution in [2.75, 3.05) is 38.2 Å². The van der Waals surface area contributed by atoms with E-state index in [9.17, 15) is 14.4 Å². The fourth-order valence-electron chi connectivity index (χ4n) is 6.83. The minimum Gasteiger partial charge on any atom is -0.396 e. The summed E-state index contributed by atoms with van der Waals surface area (Å²) in [6.07, 6.45) is 10.1. The number of fused-ring (bicyclic) bond motifs is 3. The summed E-state index contributed by atoms with van der Waals surface area (Å²) in [5.74, 6) is -1.94. The van der Waals surface area contributed by atoms with Gasteiger partial charge in [-0.3, -0.25) is 14.4 Å². The second kappa shape index (κ2) is 10.2. The van der Waals surface area contributed by atoms with Crippen LogP contribution in [0.25, 0.3) is 10.8 Å². The zero-order valence-corrected chi connectivity index (χ0v) is 22.2. The maximum absolute atomic E-state index is 14.5. The van der Waals surface area contributed by atoms with Crippen LogP contribution in [0.4, 0.5) is 5.69 Å². The molecule has 0 aromatic heterocycles. The molecule has 2 saturated heterocycles. The molecule has 3 amide bonds. The van der Waals surface area contributed by atoms with Crippen LogP contribution in [0, 0.1) is 11.8 Å². The molecule has 39 heavy (non-hydrogen) atoms. The summed E-state index contributed by atoms with van der Waals surface area (Å²) in [5.41, 5.74) is -0.444. The summed E-state index contributed by atoms with van der Waals surface area (Å²) in [7, 11) is 1.74. The van der Waals surface area contributed by atoms with E-state index in [2.05, 4.69) is 0 Å². The van der Waals surface area contributed by atoms with Crippen molar-refractivity contribution in [3.63, 3.8) is 0 Å². The number of likely N-dealkylation sites (N-methyl/N-ethyl adjacent to an activating group) is 1. The topological polar surface area (TPSA) is 90.4 Å². The van der Waals surface area contributed by atoms with Crippen LogP contribution in [0.15, 0.2) is 66.8 Å². The van der Waals surface area contributed by atoms with E-state index in [1.54, 1.807) is 21.7 Å². The van der Waals surface area contributed by atoms with E-state index in [0.717, 1.165) is 29.3 Å². The molecule has 2 aromatic carbocycles. The molecule has 2 aromatic rings. The maximum atomic E-state index is 14.5. The van der Waals surface area contributed by atoms with Gasteiger partial charge in [-0.05, 0) is 35.7 Å². The van der Waals surface area contributed by atoms with E-state index in [1.807, 2.05) is 66.8 Å². The lowest BCUT2D eigenvalue weighted by molar-refractivity contribution is -0.143. The number of rotatable bonds is 7. The molecule has 204 valence electrons. The maximum Gasteiger partial charge on any atom is 0.253 e. The van der Waals surface area contributed by atoms with Gasteiger partial charge < -0.3 is 24.5 Å². The first-order chi connectivity index (χ1) is 19.0. The molecular weight excluding hydrogens is 494 g/mol. The summed E-state index contributed by atoms with van der Waals surface area (Å²) in [6.45, 7) is 1.36. The van der Waals surface area contributed by atoms with Gasteiger partial charge in [-0.1, -0.05) is 67.5 Å². The van der Waals surface area contributed by atoms with E-state index in [0.29, 0.717) is 32.5 Å². The predicted molar refractivity (Wildman–Crippen MR) is 148 cm³/mol. The number of benzene rings is 2. The van der Waals surface area contributed by atoms with Gasteiger partial charge in [-0.15, -0.1) is 0 Å². The first kappa shape index (κ1) is 25.8. The highest BCUT2D eigenvalue weighted by Gasteiger charge is 2.71. The minimum atomic E-state index is -1.21. The minimum absolute atomic E-state index is 0.125. The summed E-state index contributed by atoms with van der Waals surface area (Å²) in [5, 5.41) is 11.3. The second-order valence-corrected chi connectivity index (χ2v) is 11.0. The van der Waals surface area contributed by atoms with Crippen LogP contribution in [0.1, 0.15) is 25.7 Å². The highest BCUT2D eigenvalue weighted by molar-refractivity contribution is 6.06. The number of ether oxygens (including phenoxy) is 1. The van der Waals surface area contributed by atoms with Gasteiger partial charge in [0.25, 0.3) is 5.91 Å². The van der Waals surface area contributed by atoms with Crippen molar-refractivity contribution in [1.82, 2.24) is 9.80 Å². The molecule has 0 aliphatic carbocycles. The molecule has 4 aliphatic heterocycles. The normalized spacial score (nSPS) is 30.0. The van der Waals surface area contributed by atoms with Gasteiger partial charge in [0.15, 0.2) is 0 Å². The third-order valence-corrected chi connectivity index (χ3v) is 8.71. The molecule has 0 bridgehead atoms. The van der Waals surface area contributed by atoms with Crippen LogP contribution in [0.2, 0.25) is 0 Å². The largest absolute Gasteiger partial charge is 0.396 e. The van der Waals surface area contributed by atoms with Crippen molar-refractivity contribution in [3.05, 3.63) is 66.8 Å². The summed E-state index contributed by atoms with van der Waals surface area (Å²) < 4.78 is 6.67. The van der Waals surface area contributed by atoms with Gasteiger partial charge in [0.05, 0.1) is 17.9 Å². The van der Waals surface area contributed by atoms with Gasteiger partial charge in [-0.25, -0.2) is 0 Å². The van der Waals surface area contributed by atoms with E-state index < -0.39 is 29.6 Å². The van der Waals surface area contributed by atoms with E-state index >= 15 is 0 Å². The number of hydrogen-bond donors (Lipinski definition) is 1. The molecule has 1 unspecified atom stereocenters. The van der Waals surface area contributed by atoms with Crippen molar-refractivity contribution >= 4 is 34.2 Å². The summed E-state index contributed by atoms with van der Waals surface area (Å²) in [4.78, 5) is 47.2. The monoisotopic (exact) mass is 529 g/mol. The van der Waals surface area contributed by atoms with Crippen LogP contribution in [-0.4, -0.2) is 83.7 Å². The molecule has 0 saturated carbocycles. The average molecular weight is 530 g/mol. The lowest BCUT2D eigenvalue weighted by Crippen LogP contribution is -2.55. The van der Waals surface area contributed by atoms with Gasteiger partial charge >= 0.3 is 0 Å². The Morgan fingerprint density at radius 2 is 1.72 bits per heavy atom. The number of amides is 3. The number of carbonyl (C=O) groups excluding carboxylic acids is 3. The number of likely N-dealkylation sites (tertiary alicyclic amines) is 1. The van der Waals surface area contributed by atoms with Crippen molar-refractivity contribution in [1.29, 1.82) is 0 Å². The highest BCUT2D eigenvalue weighted by Crippen LogP contribution is 2.53. The molecular formula is C31H35N3O5. The average Bonchev–Trinajstić information content (AvgIpc) is 3.26. The van der Waals surface area contributed by atoms with Gasteiger partial charge in [0, 0.05) is 39.0 Å². The molecule has 1 N–H and O–H groups in total. The van der Waals surface area contributed by atoms with Crippen molar-refractivity contribution in [3.8, 4) is 0 Å². The fraction of sp³-hybridized carbons (Fsp3) is 0.452. The zero-order chi connectivity index (χ0) is 27.1. The third-order valence-electron chi connectivity index (χ3n) is 8.71. The van der Waals surface area contributed by atoms with Gasteiger partial charge in [0.1, 0.15) is 11.6 Å². The lowest BCUT2D eigenvalue weighted by atomic mass is 9.77. The van der Waals surface area contributed by atoms with E-state index in [-0.39, 0.29) is 24.3 Å². The smallest absolute Gasteiger partial charge is 0.253 e. The predicted octanol–water partition coefficient (Wildman–Crippen LogP) is 2.90. The standard InChI is InChI=1S/C31H35N3O5/c1-32-16-8-12-24-25(28(32)36)26-29(37)34(17-6-2-3-7-19-35)27-30(38)33(18-9-15-31(26,27)39-24)23-14-13-21-10-4-5-11-22(21)20-23/h4-5,8-15,20,24-27,35H,2-3,6-7,16-19H2,1H3/t24-,25+,26+,27?,31+/m1/s1. The molecule has 4 heterocycles. The number of unbranched alkanes of at least 4 members (excludes halogenated alkanes) is 3. The zero-order valence-electron chi connectivity index (χ0n) is 22.2. The SMILES string of the molecule is CN1CC=C[C@H]2O[C@]34C=CCN(c5ccc6ccccc6c5)C(=O)C3N(CCCCCCO)C(=O)[C@@H]4[C@H]2C1=O. The van der Waals surface area contributed by atoms with E-state index in [1.165, 1.54) is 0 Å². The van der Waals surface area contributed by atoms with Gasteiger partial charge in [-0.2, -0.15) is 0 Å². The number of anilines is 1. The number of carbonyl (C=O) groups is 3. The molecule has 5 atom stereocenters. The number of nitrogens with zero attached hydrogens (tertiary/aromatic N) is 3. The molecule has 0 radical (unpaired) electrons. The van der Waals surface area contributed by atoms with Gasteiger partial charge in [0.2, 0.25) is 11.8 Å². The number of aliphatic hydroxyl groups excluding tert-OH is 1. The molecule has 6 rings (SSSR count).